The molecule has 1 aromatic heterocycles. The zero-order valence-corrected chi connectivity index (χ0v) is 20.0. The van der Waals surface area contributed by atoms with Crippen molar-refractivity contribution >= 4 is 23.4 Å². The third kappa shape index (κ3) is 3.71. The number of aromatic nitrogens is 2. The van der Waals surface area contributed by atoms with E-state index in [2.05, 4.69) is 20.5 Å². The average molecular weight is 535 g/mol. The normalized spacial score (nSPS) is 24.0. The van der Waals surface area contributed by atoms with Crippen molar-refractivity contribution in [3.63, 3.8) is 0 Å². The van der Waals surface area contributed by atoms with E-state index in [4.69, 9.17) is 5.73 Å². The van der Waals surface area contributed by atoms with Gasteiger partial charge >= 0.3 is 0 Å². The van der Waals surface area contributed by atoms with Gasteiger partial charge in [0.15, 0.2) is 5.78 Å². The molecule has 7 N–H and O–H groups in total. The van der Waals surface area contributed by atoms with Gasteiger partial charge in [-0.2, -0.15) is 0 Å². The Morgan fingerprint density at radius 3 is 2.54 bits per heavy atom. The first-order chi connectivity index (χ1) is 18.5. The largest absolute Gasteiger partial charge is 0.511 e. The van der Waals surface area contributed by atoms with Gasteiger partial charge in [0, 0.05) is 30.5 Å². The van der Waals surface area contributed by atoms with Crippen LogP contribution in [0.4, 0.5) is 0 Å². The van der Waals surface area contributed by atoms with E-state index in [0.29, 0.717) is 11.1 Å². The molecule has 39 heavy (non-hydrogen) atoms. The van der Waals surface area contributed by atoms with Gasteiger partial charge in [-0.25, -0.2) is 9.97 Å². The van der Waals surface area contributed by atoms with Gasteiger partial charge in [0.1, 0.15) is 34.9 Å². The molecule has 0 saturated carbocycles. The Bertz CT molecular complexity index is 1560. The summed E-state index contributed by atoms with van der Waals surface area (Å²) in [6.45, 7) is -0.0928. The molecule has 0 bridgehead atoms. The summed E-state index contributed by atoms with van der Waals surface area (Å²) in [6, 6.07) is 3.80. The zero-order valence-electron chi connectivity index (χ0n) is 20.0. The van der Waals surface area contributed by atoms with Gasteiger partial charge in [-0.05, 0) is 41.1 Å². The number of hydrogen-bond donors (Lipinski definition) is 6. The van der Waals surface area contributed by atoms with E-state index in [9.17, 15) is 44.5 Å². The molecule has 200 valence electrons. The molecule has 0 spiro atoms. The van der Waals surface area contributed by atoms with Crippen LogP contribution in [0.5, 0.6) is 11.6 Å². The Morgan fingerprint density at radius 1 is 1.13 bits per heavy atom. The van der Waals surface area contributed by atoms with Gasteiger partial charge in [0.05, 0.1) is 5.56 Å². The molecule has 1 aromatic carbocycles. The number of ketones is 2. The van der Waals surface area contributed by atoms with Gasteiger partial charge < -0.3 is 31.5 Å². The Labute approximate surface area is 218 Å². The van der Waals surface area contributed by atoms with E-state index in [0.717, 1.165) is 12.4 Å². The molecule has 3 aliphatic rings. The van der Waals surface area contributed by atoms with E-state index >= 15 is 0 Å². The Balaban J connectivity index is 1.54. The molecule has 0 unspecified atom stereocenters. The number of aromatic hydroxyl groups is 2. The summed E-state index contributed by atoms with van der Waals surface area (Å²) >= 11 is 0. The van der Waals surface area contributed by atoms with E-state index < -0.39 is 69.5 Å². The molecule has 0 radical (unpaired) electrons. The molecule has 0 fully saturated rings. The number of aliphatic hydroxyl groups is 2. The number of aliphatic hydroxyl groups excluding tert-OH is 2. The fourth-order valence-electron chi connectivity index (χ4n) is 5.75. The van der Waals surface area contributed by atoms with Crippen LogP contribution in [0.1, 0.15) is 44.8 Å². The van der Waals surface area contributed by atoms with E-state index in [1.807, 2.05) is 0 Å². The minimum absolute atomic E-state index is 0.0418. The van der Waals surface area contributed by atoms with Crippen molar-refractivity contribution in [2.45, 2.75) is 31.3 Å². The molecular formula is C25H21N5O9. The number of Topliss-reactive ketones (excluding diaryl/α,β-unsaturated/α-hetero) is 2. The number of nitroso groups, excluding NO2 is 1. The van der Waals surface area contributed by atoms with Crippen LogP contribution in [0.25, 0.3) is 0 Å². The average Bonchev–Trinajstić information content (AvgIpc) is 2.87. The number of benzene rings is 1. The summed E-state index contributed by atoms with van der Waals surface area (Å²) in [4.78, 5) is 70.5. The number of phenolic OH excluding ortho intramolecular Hbond substituents is 1. The highest BCUT2D eigenvalue weighted by atomic mass is 16.3. The fourth-order valence-corrected chi connectivity index (χ4v) is 5.75. The Hall–Kier alpha value is -5.14. The Morgan fingerprint density at radius 2 is 1.87 bits per heavy atom. The SMILES string of the molecule is NC(=O)C1=C(O)C[C@@H]2C[C@@H]3Cc4c(CNC(=O)c5cc(O)ncn5)ccc(O)c4C(=O)C3=C(O)[C@]2(N=O)C1=O. The third-order valence-electron chi connectivity index (χ3n) is 7.51. The summed E-state index contributed by atoms with van der Waals surface area (Å²) in [5.74, 6) is -8.29. The number of nitrogens with zero attached hydrogens (tertiary/aromatic N) is 3. The molecule has 14 nitrogen and oxygen atoms in total. The first-order valence-corrected chi connectivity index (χ1v) is 11.7. The number of fused-ring (bicyclic) bond motifs is 3. The maximum atomic E-state index is 13.6. The van der Waals surface area contributed by atoms with Gasteiger partial charge in [-0.3, -0.25) is 19.2 Å². The van der Waals surface area contributed by atoms with Crippen LogP contribution in [0, 0.1) is 16.7 Å². The number of nitrogens with one attached hydrogen (secondary N) is 1. The van der Waals surface area contributed by atoms with Crippen LogP contribution in [-0.2, 0) is 22.6 Å². The van der Waals surface area contributed by atoms with Gasteiger partial charge in [0.2, 0.25) is 17.2 Å². The molecule has 3 aliphatic carbocycles. The van der Waals surface area contributed by atoms with Gasteiger partial charge in [-0.1, -0.05) is 6.07 Å². The number of carbonyl (C=O) groups is 4. The lowest BCUT2D eigenvalue weighted by molar-refractivity contribution is -0.127. The number of phenols is 1. The number of rotatable bonds is 5. The summed E-state index contributed by atoms with van der Waals surface area (Å²) in [7, 11) is 0. The van der Waals surface area contributed by atoms with Crippen molar-refractivity contribution in [3.8, 4) is 11.6 Å². The van der Waals surface area contributed by atoms with Crippen LogP contribution in [0.15, 0.2) is 52.4 Å². The highest BCUT2D eigenvalue weighted by Gasteiger charge is 2.62. The summed E-state index contributed by atoms with van der Waals surface area (Å²) in [5, 5.41) is 47.1. The second kappa shape index (κ2) is 9.01. The van der Waals surface area contributed by atoms with Gasteiger partial charge in [0.25, 0.3) is 11.8 Å². The predicted molar refractivity (Wildman–Crippen MR) is 129 cm³/mol. The van der Waals surface area contributed by atoms with Crippen molar-refractivity contribution in [2.75, 3.05) is 0 Å². The zero-order chi connectivity index (χ0) is 28.2. The predicted octanol–water partition coefficient (Wildman–Crippen LogP) is 0.780. The maximum Gasteiger partial charge on any atom is 0.270 e. The third-order valence-corrected chi connectivity index (χ3v) is 7.51. The smallest absolute Gasteiger partial charge is 0.270 e. The number of carbonyl (C=O) groups excluding carboxylic acids is 4. The van der Waals surface area contributed by atoms with E-state index in [-0.39, 0.29) is 42.6 Å². The molecule has 3 atom stereocenters. The first-order valence-electron chi connectivity index (χ1n) is 11.7. The molecule has 5 rings (SSSR count). The summed E-state index contributed by atoms with van der Waals surface area (Å²) < 4.78 is 0. The molecule has 1 heterocycles. The van der Waals surface area contributed by atoms with Crippen LogP contribution in [-0.4, -0.2) is 59.3 Å². The first kappa shape index (κ1) is 25.5. The highest BCUT2D eigenvalue weighted by Crippen LogP contribution is 2.53. The van der Waals surface area contributed by atoms with Crippen LogP contribution in [0.2, 0.25) is 0 Å². The standard InChI is InChI=1S/C25H21N5O9/c26-23(37)19-15(32)5-11-3-10-4-12-9(7-27-24(38)13-6-16(33)29-8-28-13)1-2-14(31)18(12)20(34)17(10)21(35)25(11,30-39)22(19)36/h1-2,6,8,10-11,31-32,35H,3-5,7H2,(H2,26,37)(H,27,38)(H,28,29,33)/t10-,11+,25+/m1/s1. The second-order valence-corrected chi connectivity index (χ2v) is 9.54. The number of hydrogen-bond acceptors (Lipinski definition) is 12. The molecule has 0 saturated heterocycles. The molecule has 2 aromatic rings. The highest BCUT2D eigenvalue weighted by molar-refractivity contribution is 6.25. The number of amides is 2. The topological polar surface area (TPSA) is 242 Å². The molecule has 0 aliphatic heterocycles. The van der Waals surface area contributed by atoms with E-state index in [1.165, 1.54) is 12.1 Å². The lowest BCUT2D eigenvalue weighted by atomic mass is 9.59. The number of allylic oxidation sites excluding steroid dienone is 2. The van der Waals surface area contributed by atoms with Crippen LogP contribution >= 0.6 is 0 Å². The number of nitrogens with two attached hydrogens (primary N) is 1. The van der Waals surface area contributed by atoms with Crippen LogP contribution in [0.3, 0.4) is 0 Å². The summed E-state index contributed by atoms with van der Waals surface area (Å²) in [5.41, 5.74) is 2.07. The Kier molecular flexibility index (Phi) is 5.89. The van der Waals surface area contributed by atoms with Crippen molar-refractivity contribution in [3.05, 3.63) is 74.5 Å². The maximum absolute atomic E-state index is 13.6. The summed E-state index contributed by atoms with van der Waals surface area (Å²) in [6.07, 6.45) is 0.679. The van der Waals surface area contributed by atoms with Crippen molar-refractivity contribution in [1.29, 1.82) is 0 Å². The van der Waals surface area contributed by atoms with E-state index in [1.54, 1.807) is 0 Å². The minimum atomic E-state index is -2.53. The second-order valence-electron chi connectivity index (χ2n) is 9.54. The quantitative estimate of drug-likeness (QED) is 0.231. The monoisotopic (exact) mass is 535 g/mol. The molecule has 14 heteroatoms. The lowest BCUT2D eigenvalue weighted by Gasteiger charge is -2.44. The van der Waals surface area contributed by atoms with Crippen LogP contribution < -0.4 is 11.1 Å². The molecule has 2 amide bonds. The van der Waals surface area contributed by atoms with Crippen molar-refractivity contribution in [1.82, 2.24) is 15.3 Å². The lowest BCUT2D eigenvalue weighted by Crippen LogP contribution is -2.56. The number of primary amides is 1. The van der Waals surface area contributed by atoms with Crippen molar-refractivity contribution < 1.29 is 39.6 Å². The fraction of sp³-hybridized carbons (Fsp3) is 0.280. The molecular weight excluding hydrogens is 514 g/mol. The van der Waals surface area contributed by atoms with Crippen molar-refractivity contribution in [2.24, 2.45) is 22.7 Å². The minimum Gasteiger partial charge on any atom is -0.511 e. The van der Waals surface area contributed by atoms with Gasteiger partial charge in [-0.15, -0.1) is 4.91 Å².